The number of carbonyl (C=O) groups is 4. The minimum atomic E-state index is -0.756. The van der Waals surface area contributed by atoms with Gasteiger partial charge in [0.15, 0.2) is 0 Å². The third-order valence-corrected chi connectivity index (χ3v) is 5.31. The normalized spacial score (nSPS) is 19.2. The summed E-state index contributed by atoms with van der Waals surface area (Å²) in [7, 11) is 0. The van der Waals surface area contributed by atoms with Crippen molar-refractivity contribution in [3.8, 4) is 0 Å². The summed E-state index contributed by atoms with van der Waals surface area (Å²) in [6.45, 7) is 5.08. The van der Waals surface area contributed by atoms with E-state index in [0.29, 0.717) is 63.7 Å². The highest BCUT2D eigenvalue weighted by molar-refractivity contribution is 5.98. The molecular weight excluding hydrogens is 416 g/mol. The lowest BCUT2D eigenvalue weighted by Crippen LogP contribution is -2.57. The van der Waals surface area contributed by atoms with Crippen LogP contribution < -0.4 is 10.6 Å². The van der Waals surface area contributed by atoms with Gasteiger partial charge >= 0.3 is 5.97 Å². The molecule has 2 saturated heterocycles. The Morgan fingerprint density at radius 2 is 2.00 bits per heavy atom. The fourth-order valence-electron chi connectivity index (χ4n) is 3.67. The predicted molar refractivity (Wildman–Crippen MR) is 116 cm³/mol. The Labute approximate surface area is 187 Å². The van der Waals surface area contributed by atoms with E-state index in [1.54, 1.807) is 34.1 Å². The first-order valence-electron chi connectivity index (χ1n) is 10.9. The predicted octanol–water partition coefficient (Wildman–Crippen LogP) is 0.241. The molecule has 2 aliphatic rings. The highest BCUT2D eigenvalue weighted by Crippen LogP contribution is 2.15. The van der Waals surface area contributed by atoms with Crippen LogP contribution in [0.15, 0.2) is 24.3 Å². The molecule has 0 radical (unpaired) electrons. The number of nitrogens with zero attached hydrogens (tertiary/aromatic N) is 2. The molecule has 2 N–H and O–H groups in total. The van der Waals surface area contributed by atoms with Gasteiger partial charge in [0.2, 0.25) is 11.8 Å². The molecule has 10 nitrogen and oxygen atoms in total. The third kappa shape index (κ3) is 6.51. The average Bonchev–Trinajstić information content (AvgIpc) is 2.80. The fourth-order valence-corrected chi connectivity index (χ4v) is 3.67. The Balaban J connectivity index is 1.59. The molecule has 0 spiro atoms. The lowest BCUT2D eigenvalue weighted by atomic mass is 10.1. The standard InChI is InChI=1S/C22H30N4O6/c1-2-10-32-20(28)14-18-21(29)23-6-7-26(18)15-19(27)24-17-5-3-4-16(13-17)22(30)25-8-11-31-12-9-25/h3-5,13,18H,2,6-12,14-15H2,1H3,(H,23,29)(H,24,27). The van der Waals surface area contributed by atoms with Crippen LogP contribution >= 0.6 is 0 Å². The molecule has 32 heavy (non-hydrogen) atoms. The smallest absolute Gasteiger partial charge is 0.307 e. The van der Waals surface area contributed by atoms with Crippen LogP contribution in [0.2, 0.25) is 0 Å². The molecule has 1 aromatic carbocycles. The second-order valence-electron chi connectivity index (χ2n) is 7.74. The molecule has 0 aromatic heterocycles. The topological polar surface area (TPSA) is 117 Å². The summed E-state index contributed by atoms with van der Waals surface area (Å²) in [5, 5.41) is 5.51. The van der Waals surface area contributed by atoms with Gasteiger partial charge in [0.1, 0.15) is 6.04 Å². The second kappa shape index (κ2) is 11.6. The van der Waals surface area contributed by atoms with Crippen LogP contribution in [0.25, 0.3) is 0 Å². The largest absolute Gasteiger partial charge is 0.466 e. The van der Waals surface area contributed by atoms with E-state index < -0.39 is 12.0 Å². The molecule has 2 fully saturated rings. The maximum atomic E-state index is 12.7. The van der Waals surface area contributed by atoms with E-state index in [-0.39, 0.29) is 30.7 Å². The Kier molecular flexibility index (Phi) is 8.57. The van der Waals surface area contributed by atoms with Gasteiger partial charge in [0, 0.05) is 37.4 Å². The van der Waals surface area contributed by atoms with Crippen molar-refractivity contribution in [3.05, 3.63) is 29.8 Å². The highest BCUT2D eigenvalue weighted by Gasteiger charge is 2.33. The Morgan fingerprint density at radius 1 is 1.22 bits per heavy atom. The van der Waals surface area contributed by atoms with Gasteiger partial charge in [-0.05, 0) is 24.6 Å². The zero-order valence-corrected chi connectivity index (χ0v) is 18.3. The summed E-state index contributed by atoms with van der Waals surface area (Å²) in [6, 6.07) is 6.01. The monoisotopic (exact) mass is 446 g/mol. The zero-order valence-electron chi connectivity index (χ0n) is 18.3. The van der Waals surface area contributed by atoms with Crippen molar-refractivity contribution in [2.45, 2.75) is 25.8 Å². The molecule has 2 aliphatic heterocycles. The molecule has 0 bridgehead atoms. The van der Waals surface area contributed by atoms with Crippen LogP contribution in [-0.2, 0) is 23.9 Å². The van der Waals surface area contributed by atoms with E-state index in [1.807, 2.05) is 6.92 Å². The number of benzene rings is 1. The molecule has 3 amide bonds. The number of amides is 3. The summed E-state index contributed by atoms with van der Waals surface area (Å²) in [4.78, 5) is 53.0. The highest BCUT2D eigenvalue weighted by atomic mass is 16.5. The summed E-state index contributed by atoms with van der Waals surface area (Å²) in [5.41, 5.74) is 0.980. The van der Waals surface area contributed by atoms with Crippen LogP contribution in [0.4, 0.5) is 5.69 Å². The molecule has 1 unspecified atom stereocenters. The first-order chi connectivity index (χ1) is 15.5. The number of carbonyl (C=O) groups excluding carboxylic acids is 4. The van der Waals surface area contributed by atoms with E-state index in [4.69, 9.17) is 9.47 Å². The lowest BCUT2D eigenvalue weighted by molar-refractivity contribution is -0.148. The van der Waals surface area contributed by atoms with Crippen LogP contribution in [0.5, 0.6) is 0 Å². The number of morpholine rings is 1. The van der Waals surface area contributed by atoms with Gasteiger partial charge in [-0.25, -0.2) is 0 Å². The fraction of sp³-hybridized carbons (Fsp3) is 0.545. The van der Waals surface area contributed by atoms with E-state index in [0.717, 1.165) is 0 Å². The maximum absolute atomic E-state index is 12.7. The molecule has 0 aliphatic carbocycles. The maximum Gasteiger partial charge on any atom is 0.307 e. The summed E-state index contributed by atoms with van der Waals surface area (Å²) in [5.74, 6) is -1.20. The number of esters is 1. The first kappa shape index (κ1) is 23.7. The molecule has 174 valence electrons. The second-order valence-corrected chi connectivity index (χ2v) is 7.74. The van der Waals surface area contributed by atoms with Crippen molar-refractivity contribution >= 4 is 29.4 Å². The molecule has 10 heteroatoms. The Bertz CT molecular complexity index is 839. The van der Waals surface area contributed by atoms with Crippen LogP contribution in [0.1, 0.15) is 30.1 Å². The van der Waals surface area contributed by atoms with Crippen LogP contribution in [0.3, 0.4) is 0 Å². The summed E-state index contributed by atoms with van der Waals surface area (Å²) < 4.78 is 10.4. The van der Waals surface area contributed by atoms with E-state index >= 15 is 0 Å². The van der Waals surface area contributed by atoms with Gasteiger partial charge in [0.25, 0.3) is 5.91 Å². The van der Waals surface area contributed by atoms with Gasteiger partial charge in [-0.15, -0.1) is 0 Å². The summed E-state index contributed by atoms with van der Waals surface area (Å²) in [6.07, 6.45) is 0.588. The van der Waals surface area contributed by atoms with Crippen molar-refractivity contribution in [2.24, 2.45) is 0 Å². The molecular formula is C22H30N4O6. The van der Waals surface area contributed by atoms with Crippen LogP contribution in [-0.4, -0.2) is 92.1 Å². The number of hydrogen-bond donors (Lipinski definition) is 2. The van der Waals surface area contributed by atoms with Crippen molar-refractivity contribution in [1.29, 1.82) is 0 Å². The minimum Gasteiger partial charge on any atom is -0.466 e. The average molecular weight is 447 g/mol. The van der Waals surface area contributed by atoms with E-state index in [2.05, 4.69) is 10.6 Å². The van der Waals surface area contributed by atoms with Gasteiger partial charge in [-0.2, -0.15) is 0 Å². The van der Waals surface area contributed by atoms with Crippen molar-refractivity contribution in [1.82, 2.24) is 15.1 Å². The number of nitrogens with one attached hydrogen (secondary N) is 2. The Hall–Kier alpha value is -2.98. The van der Waals surface area contributed by atoms with Crippen molar-refractivity contribution < 1.29 is 28.7 Å². The molecule has 2 heterocycles. The molecule has 3 rings (SSSR count). The van der Waals surface area contributed by atoms with Gasteiger partial charge < -0.3 is 25.0 Å². The van der Waals surface area contributed by atoms with Crippen LogP contribution in [0, 0.1) is 0 Å². The van der Waals surface area contributed by atoms with Gasteiger partial charge in [0.05, 0.1) is 32.8 Å². The number of rotatable bonds is 8. The third-order valence-electron chi connectivity index (χ3n) is 5.31. The molecule has 1 atom stereocenters. The number of hydrogen-bond acceptors (Lipinski definition) is 7. The van der Waals surface area contributed by atoms with Crippen molar-refractivity contribution in [2.75, 3.05) is 57.9 Å². The quantitative estimate of drug-likeness (QED) is 0.550. The molecule has 1 aromatic rings. The number of ether oxygens (including phenoxy) is 2. The first-order valence-corrected chi connectivity index (χ1v) is 10.9. The van der Waals surface area contributed by atoms with Gasteiger partial charge in [-0.1, -0.05) is 13.0 Å². The van der Waals surface area contributed by atoms with Gasteiger partial charge in [-0.3, -0.25) is 24.1 Å². The van der Waals surface area contributed by atoms with E-state index in [1.165, 1.54) is 0 Å². The number of piperazine rings is 1. The minimum absolute atomic E-state index is 0.0548. The zero-order chi connectivity index (χ0) is 22.9. The number of anilines is 1. The Morgan fingerprint density at radius 3 is 2.75 bits per heavy atom. The molecule has 0 saturated carbocycles. The van der Waals surface area contributed by atoms with Crippen molar-refractivity contribution in [3.63, 3.8) is 0 Å². The lowest BCUT2D eigenvalue weighted by Gasteiger charge is -2.33. The van der Waals surface area contributed by atoms with E-state index in [9.17, 15) is 19.2 Å². The SMILES string of the molecule is CCCOC(=O)CC1C(=O)NCCN1CC(=O)Nc1cccc(C(=O)N2CCOCC2)c1. The summed E-state index contributed by atoms with van der Waals surface area (Å²) >= 11 is 0.